The van der Waals surface area contributed by atoms with Crippen molar-refractivity contribution >= 4 is 23.2 Å². The Hall–Kier alpha value is -3.29. The van der Waals surface area contributed by atoms with Gasteiger partial charge in [-0.05, 0) is 57.4 Å². The average molecular weight is 377 g/mol. The molecule has 144 valence electrons. The zero-order chi connectivity index (χ0) is 20.1. The molecule has 0 bridgehead atoms. The van der Waals surface area contributed by atoms with Gasteiger partial charge in [0.25, 0.3) is 0 Å². The summed E-state index contributed by atoms with van der Waals surface area (Å²) in [4.78, 5) is 16.3. The van der Waals surface area contributed by atoms with E-state index in [1.165, 1.54) is 0 Å². The summed E-state index contributed by atoms with van der Waals surface area (Å²) in [7, 11) is 0. The van der Waals surface area contributed by atoms with E-state index in [1.54, 1.807) is 27.5 Å². The zero-order valence-electron chi connectivity index (χ0n) is 16.2. The number of aryl methyl sites for hydroxylation is 1. The van der Waals surface area contributed by atoms with Gasteiger partial charge in [-0.3, -0.25) is 20.2 Å². The van der Waals surface area contributed by atoms with Crippen LogP contribution in [-0.4, -0.2) is 30.9 Å². The molecule has 0 unspecified atom stereocenters. The number of pyridine rings is 1. The normalized spacial score (nSPS) is 14.2. The van der Waals surface area contributed by atoms with Crippen molar-refractivity contribution in [1.29, 1.82) is 10.8 Å². The van der Waals surface area contributed by atoms with Crippen LogP contribution in [0.4, 0.5) is 5.82 Å². The van der Waals surface area contributed by atoms with Crippen LogP contribution >= 0.6 is 0 Å². The van der Waals surface area contributed by atoms with Gasteiger partial charge in [0.2, 0.25) is 5.91 Å². The Morgan fingerprint density at radius 3 is 2.68 bits per heavy atom. The van der Waals surface area contributed by atoms with Crippen molar-refractivity contribution in [3.63, 3.8) is 0 Å². The molecule has 1 aliphatic carbocycles. The highest BCUT2D eigenvalue weighted by atomic mass is 16.2. The van der Waals surface area contributed by atoms with E-state index >= 15 is 0 Å². The van der Waals surface area contributed by atoms with Gasteiger partial charge < -0.3 is 5.32 Å². The van der Waals surface area contributed by atoms with Crippen molar-refractivity contribution in [3.8, 4) is 0 Å². The molecule has 1 fully saturated rings. The monoisotopic (exact) mass is 377 g/mol. The number of nitrogens with zero attached hydrogens (tertiary/aromatic N) is 4. The van der Waals surface area contributed by atoms with Gasteiger partial charge in [-0.1, -0.05) is 6.07 Å². The maximum absolute atomic E-state index is 12.0. The highest BCUT2D eigenvalue weighted by Crippen LogP contribution is 2.30. The van der Waals surface area contributed by atoms with Crippen LogP contribution in [0.25, 0.3) is 5.65 Å². The van der Waals surface area contributed by atoms with Crippen LogP contribution < -0.4 is 10.8 Å². The van der Waals surface area contributed by atoms with Gasteiger partial charge in [0.05, 0.1) is 17.3 Å². The van der Waals surface area contributed by atoms with Crippen LogP contribution in [-0.2, 0) is 10.2 Å². The lowest BCUT2D eigenvalue weighted by Gasteiger charge is -2.26. The Bertz CT molecular complexity index is 1150. The van der Waals surface area contributed by atoms with E-state index < -0.39 is 5.41 Å². The van der Waals surface area contributed by atoms with Gasteiger partial charge in [-0.2, -0.15) is 5.10 Å². The largest absolute Gasteiger partial charge is 0.309 e. The third-order valence-corrected chi connectivity index (χ3v) is 5.09. The minimum atomic E-state index is -0.732. The number of aromatic nitrogens is 4. The first kappa shape index (κ1) is 18.1. The maximum atomic E-state index is 12.0. The minimum Gasteiger partial charge on any atom is -0.309 e. The smallest absolute Gasteiger partial charge is 0.228 e. The summed E-state index contributed by atoms with van der Waals surface area (Å²) < 4.78 is 3.19. The first-order valence-electron chi connectivity index (χ1n) is 9.27. The number of rotatable bonds is 4. The summed E-state index contributed by atoms with van der Waals surface area (Å²) in [6.07, 6.45) is 5.35. The fourth-order valence-electron chi connectivity index (χ4n) is 3.06. The summed E-state index contributed by atoms with van der Waals surface area (Å²) in [5, 5.41) is 24.3. The standard InChI is InChI=1S/C20H23N7O/c1-12-4-8-15(21)26(10-12)19(22)20(2,3)14-7-9-17-23-16(11-27(17)25-14)24-18(28)13-5-6-13/h4,7-11,13,21-22H,5-6H2,1-3H3,(H,24,28). The van der Waals surface area contributed by atoms with Gasteiger partial charge in [-0.15, -0.1) is 0 Å². The third-order valence-electron chi connectivity index (χ3n) is 5.09. The number of carbonyl (C=O) groups excluding carboxylic acids is 1. The lowest BCUT2D eigenvalue weighted by Crippen LogP contribution is -2.40. The maximum Gasteiger partial charge on any atom is 0.228 e. The van der Waals surface area contributed by atoms with Crippen LogP contribution in [0.5, 0.6) is 0 Å². The predicted octanol–water partition coefficient (Wildman–Crippen LogP) is 2.47. The van der Waals surface area contributed by atoms with Gasteiger partial charge in [0, 0.05) is 12.1 Å². The highest BCUT2D eigenvalue weighted by Gasteiger charge is 2.31. The van der Waals surface area contributed by atoms with E-state index in [4.69, 9.17) is 10.8 Å². The Kier molecular flexibility index (Phi) is 4.14. The molecule has 8 nitrogen and oxygen atoms in total. The predicted molar refractivity (Wildman–Crippen MR) is 106 cm³/mol. The first-order chi connectivity index (χ1) is 13.3. The molecule has 0 aliphatic heterocycles. The van der Waals surface area contributed by atoms with E-state index in [0.717, 1.165) is 18.4 Å². The number of imidazole rings is 1. The number of amides is 1. The van der Waals surface area contributed by atoms with Crippen molar-refractivity contribution in [2.24, 2.45) is 5.92 Å². The van der Waals surface area contributed by atoms with Crippen LogP contribution in [0.15, 0.2) is 36.7 Å². The molecule has 1 amide bonds. The SMILES string of the molecule is Cc1ccc(=N)n(C(=N)C(C)(C)c2ccc3nc(NC(=O)C4CC4)cn3n2)c1. The highest BCUT2D eigenvalue weighted by molar-refractivity contribution is 5.93. The minimum absolute atomic E-state index is 0.00422. The lowest BCUT2D eigenvalue weighted by atomic mass is 9.87. The molecule has 0 saturated heterocycles. The number of anilines is 1. The van der Waals surface area contributed by atoms with E-state index in [-0.39, 0.29) is 23.1 Å². The summed E-state index contributed by atoms with van der Waals surface area (Å²) in [6.45, 7) is 5.75. The van der Waals surface area contributed by atoms with Gasteiger partial charge >= 0.3 is 0 Å². The fraction of sp³-hybridized carbons (Fsp3) is 0.350. The molecule has 3 aromatic heterocycles. The van der Waals surface area contributed by atoms with Crippen molar-refractivity contribution in [2.45, 2.75) is 39.0 Å². The first-order valence-corrected chi connectivity index (χ1v) is 9.27. The van der Waals surface area contributed by atoms with E-state index in [9.17, 15) is 4.79 Å². The Balaban J connectivity index is 1.66. The molecule has 8 heteroatoms. The molecule has 28 heavy (non-hydrogen) atoms. The van der Waals surface area contributed by atoms with E-state index in [2.05, 4.69) is 15.4 Å². The number of hydrogen-bond acceptors (Lipinski definition) is 5. The number of nitrogens with one attached hydrogen (secondary N) is 3. The molecule has 1 aliphatic rings. The van der Waals surface area contributed by atoms with Crippen molar-refractivity contribution < 1.29 is 4.79 Å². The van der Waals surface area contributed by atoms with Crippen LogP contribution in [0.3, 0.4) is 0 Å². The zero-order valence-corrected chi connectivity index (χ0v) is 16.2. The van der Waals surface area contributed by atoms with Crippen molar-refractivity contribution in [1.82, 2.24) is 19.2 Å². The Morgan fingerprint density at radius 1 is 1.21 bits per heavy atom. The van der Waals surface area contributed by atoms with Crippen LogP contribution in [0, 0.1) is 23.7 Å². The topological polar surface area (TPSA) is 112 Å². The van der Waals surface area contributed by atoms with E-state index in [1.807, 2.05) is 39.0 Å². The van der Waals surface area contributed by atoms with Crippen LogP contribution in [0.2, 0.25) is 0 Å². The summed E-state index contributed by atoms with van der Waals surface area (Å²) in [5.74, 6) is 0.856. The third kappa shape index (κ3) is 3.21. The number of carbonyl (C=O) groups is 1. The lowest BCUT2D eigenvalue weighted by molar-refractivity contribution is -0.117. The summed E-state index contributed by atoms with van der Waals surface area (Å²) >= 11 is 0. The summed E-state index contributed by atoms with van der Waals surface area (Å²) in [5.41, 5.74) is 1.80. The number of fused-ring (bicyclic) bond motifs is 1. The molecule has 3 heterocycles. The molecular formula is C20H23N7O. The Morgan fingerprint density at radius 2 is 1.96 bits per heavy atom. The molecular weight excluding hydrogens is 354 g/mol. The van der Waals surface area contributed by atoms with Gasteiger partial charge in [0.15, 0.2) is 11.5 Å². The second kappa shape index (κ2) is 6.40. The van der Waals surface area contributed by atoms with Crippen LogP contribution in [0.1, 0.15) is 37.9 Å². The molecule has 3 N–H and O–H groups in total. The van der Waals surface area contributed by atoms with Crippen molar-refractivity contribution in [2.75, 3.05) is 5.32 Å². The molecule has 0 atom stereocenters. The van der Waals surface area contributed by atoms with Gasteiger partial charge in [0.1, 0.15) is 11.3 Å². The molecule has 0 radical (unpaired) electrons. The Labute approximate surface area is 162 Å². The van der Waals surface area contributed by atoms with Gasteiger partial charge in [-0.25, -0.2) is 9.50 Å². The molecule has 0 spiro atoms. The molecule has 3 aromatic rings. The molecule has 1 saturated carbocycles. The molecule has 4 rings (SSSR count). The fourth-order valence-corrected chi connectivity index (χ4v) is 3.06. The summed E-state index contributed by atoms with van der Waals surface area (Å²) in [6, 6.07) is 7.20. The second-order valence-electron chi connectivity index (χ2n) is 7.85. The number of hydrogen-bond donors (Lipinski definition) is 3. The molecule has 0 aromatic carbocycles. The quantitative estimate of drug-likeness (QED) is 0.479. The second-order valence-corrected chi connectivity index (χ2v) is 7.85. The van der Waals surface area contributed by atoms with E-state index in [0.29, 0.717) is 17.2 Å². The van der Waals surface area contributed by atoms with Crippen molar-refractivity contribution in [3.05, 3.63) is 53.4 Å². The average Bonchev–Trinajstić information content (AvgIpc) is 3.43.